The highest BCUT2D eigenvalue weighted by Gasteiger charge is 2.42. The highest BCUT2D eigenvalue weighted by molar-refractivity contribution is 6.64. The van der Waals surface area contributed by atoms with Gasteiger partial charge in [0.1, 0.15) is 0 Å². The maximum Gasteiger partial charge on any atom is 0.334 e. The molecule has 1 unspecified atom stereocenters. The monoisotopic (exact) mass is 407 g/mol. The first-order chi connectivity index (χ1) is 13.1. The van der Waals surface area contributed by atoms with Crippen LogP contribution in [-0.2, 0) is 9.22 Å². The predicted molar refractivity (Wildman–Crippen MR) is 121 cm³/mol. The summed E-state index contributed by atoms with van der Waals surface area (Å²) >= 11 is 0. The van der Waals surface area contributed by atoms with Gasteiger partial charge in [-0.3, -0.25) is 0 Å². The van der Waals surface area contributed by atoms with Crippen LogP contribution in [0.3, 0.4) is 0 Å². The number of hydrogen-bond acceptors (Lipinski definition) is 2. The summed E-state index contributed by atoms with van der Waals surface area (Å²) < 4.78 is 6.22. The van der Waals surface area contributed by atoms with Gasteiger partial charge in [-0.05, 0) is 30.3 Å². The third-order valence-electron chi connectivity index (χ3n) is 6.03. The number of rotatable bonds is 14. The predicted octanol–water partition coefficient (Wildman–Crippen LogP) is 7.02. The van der Waals surface area contributed by atoms with Crippen LogP contribution in [0, 0.1) is 11.3 Å². The van der Waals surface area contributed by atoms with Crippen LogP contribution in [0.5, 0.6) is 0 Å². The van der Waals surface area contributed by atoms with Crippen molar-refractivity contribution in [2.75, 3.05) is 0 Å². The van der Waals surface area contributed by atoms with E-state index in [0.29, 0.717) is 0 Å². The van der Waals surface area contributed by atoms with Gasteiger partial charge >= 0.3 is 5.97 Å². The summed E-state index contributed by atoms with van der Waals surface area (Å²) in [7, 11) is -1.36. The molecule has 1 aliphatic heterocycles. The van der Waals surface area contributed by atoms with E-state index >= 15 is 0 Å². The van der Waals surface area contributed by atoms with Crippen molar-refractivity contribution >= 4 is 15.0 Å². The van der Waals surface area contributed by atoms with Gasteiger partial charge in [-0.1, -0.05) is 110 Å². The van der Waals surface area contributed by atoms with Crippen LogP contribution in [0.1, 0.15) is 106 Å². The molecule has 4 heteroatoms. The molecule has 3 nitrogen and oxygen atoms in total. The fraction of sp³-hybridized carbons (Fsp3) is 0.792. The molecule has 1 radical (unpaired) electrons. The highest BCUT2D eigenvalue weighted by Crippen LogP contribution is 2.33. The summed E-state index contributed by atoms with van der Waals surface area (Å²) in [5.41, 5.74) is 4.46. The summed E-state index contributed by atoms with van der Waals surface area (Å²) in [5, 5.41) is 9.88. The zero-order chi connectivity index (χ0) is 21.2. The van der Waals surface area contributed by atoms with E-state index in [1.807, 2.05) is 6.92 Å². The minimum Gasteiger partial charge on any atom is -0.479 e. The van der Waals surface area contributed by atoms with E-state index in [9.17, 15) is 9.90 Å². The summed E-state index contributed by atoms with van der Waals surface area (Å²) in [6.07, 6.45) is 14.6. The van der Waals surface area contributed by atoms with E-state index in [1.165, 1.54) is 56.9 Å². The molecule has 28 heavy (non-hydrogen) atoms. The lowest BCUT2D eigenvalue weighted by Crippen LogP contribution is -2.47. The van der Waals surface area contributed by atoms with Crippen molar-refractivity contribution in [1.82, 2.24) is 0 Å². The van der Waals surface area contributed by atoms with E-state index in [1.54, 1.807) is 6.92 Å². The molecule has 0 aliphatic carbocycles. The van der Waals surface area contributed by atoms with E-state index in [4.69, 9.17) is 4.43 Å². The van der Waals surface area contributed by atoms with Crippen molar-refractivity contribution < 1.29 is 14.3 Å². The lowest BCUT2D eigenvalue weighted by Gasteiger charge is -2.33. The molecule has 0 fully saturated rings. The maximum absolute atomic E-state index is 12.0. The van der Waals surface area contributed by atoms with E-state index in [-0.39, 0.29) is 11.3 Å². The second-order valence-electron chi connectivity index (χ2n) is 9.62. The standard InChI is InChI=1S/C24H43O3Si/c1-7-8-9-10-11-12-13-14-15-16-20(2)24(6,22(25)26)27-28-18-17-21(19-28)23(3,4)5/h17-20H,7-16H2,1-6H3,(H,25,26)/t20?,24-/m1/s1. The topological polar surface area (TPSA) is 46.5 Å². The van der Waals surface area contributed by atoms with Gasteiger partial charge in [0.2, 0.25) is 0 Å². The van der Waals surface area contributed by atoms with Gasteiger partial charge in [0.25, 0.3) is 9.04 Å². The Balaban J connectivity index is 2.42. The SMILES string of the molecule is CCCCCCCCCCCC(C)[C@@](C)(O[Si]1C=CC(C(C)(C)C)=C1)C(=O)O. The molecule has 0 saturated heterocycles. The molecule has 1 rings (SSSR count). The lowest BCUT2D eigenvalue weighted by atomic mass is 9.86. The van der Waals surface area contributed by atoms with Gasteiger partial charge in [0.05, 0.1) is 0 Å². The van der Waals surface area contributed by atoms with Gasteiger partial charge < -0.3 is 9.53 Å². The number of allylic oxidation sites excluding steroid dienone is 2. The van der Waals surface area contributed by atoms with Crippen LogP contribution in [0.4, 0.5) is 0 Å². The van der Waals surface area contributed by atoms with Crippen molar-refractivity contribution in [3.05, 3.63) is 23.0 Å². The first-order valence-electron chi connectivity index (χ1n) is 11.3. The maximum atomic E-state index is 12.0. The molecular formula is C24H43O3Si. The summed E-state index contributed by atoms with van der Waals surface area (Å²) in [6.45, 7) is 12.6. The van der Waals surface area contributed by atoms with Crippen LogP contribution < -0.4 is 0 Å². The third-order valence-corrected chi connectivity index (χ3v) is 7.78. The van der Waals surface area contributed by atoms with Crippen molar-refractivity contribution in [3.8, 4) is 0 Å². The molecule has 0 aromatic rings. The lowest BCUT2D eigenvalue weighted by molar-refractivity contribution is -0.158. The number of carboxylic acid groups (broad SMARTS) is 1. The van der Waals surface area contributed by atoms with E-state index in [2.05, 4.69) is 45.2 Å². The zero-order valence-corrected chi connectivity index (χ0v) is 20.1. The number of carboxylic acids is 1. The molecule has 0 amide bonds. The first kappa shape index (κ1) is 25.2. The minimum absolute atomic E-state index is 0.00698. The number of unbranched alkanes of at least 4 members (excludes halogenated alkanes) is 8. The van der Waals surface area contributed by atoms with Gasteiger partial charge in [0.15, 0.2) is 5.60 Å². The molecule has 1 heterocycles. The third kappa shape index (κ3) is 8.24. The summed E-state index contributed by atoms with van der Waals surface area (Å²) in [6, 6.07) is 0. The largest absolute Gasteiger partial charge is 0.479 e. The van der Waals surface area contributed by atoms with Crippen molar-refractivity contribution in [2.45, 2.75) is 111 Å². The summed E-state index contributed by atoms with van der Waals surface area (Å²) in [4.78, 5) is 12.0. The van der Waals surface area contributed by atoms with E-state index in [0.717, 1.165) is 12.8 Å². The van der Waals surface area contributed by atoms with E-state index < -0.39 is 20.6 Å². The molecule has 0 saturated carbocycles. The van der Waals surface area contributed by atoms with Crippen LogP contribution >= 0.6 is 0 Å². The Morgan fingerprint density at radius 1 is 1.04 bits per heavy atom. The highest BCUT2D eigenvalue weighted by atomic mass is 28.3. The number of hydrogen-bond donors (Lipinski definition) is 1. The smallest absolute Gasteiger partial charge is 0.334 e. The Morgan fingerprint density at radius 3 is 2.04 bits per heavy atom. The molecule has 0 aromatic carbocycles. The number of aliphatic carboxylic acids is 1. The Labute approximate surface area is 175 Å². The van der Waals surface area contributed by atoms with Crippen molar-refractivity contribution in [1.29, 1.82) is 0 Å². The van der Waals surface area contributed by atoms with Gasteiger partial charge in [-0.15, -0.1) is 0 Å². The molecule has 161 valence electrons. The molecule has 0 bridgehead atoms. The molecular weight excluding hydrogens is 364 g/mol. The summed E-state index contributed by atoms with van der Waals surface area (Å²) in [5.74, 6) is -0.827. The fourth-order valence-electron chi connectivity index (χ4n) is 3.59. The second-order valence-corrected chi connectivity index (χ2v) is 11.2. The van der Waals surface area contributed by atoms with Crippen LogP contribution in [-0.4, -0.2) is 25.7 Å². The van der Waals surface area contributed by atoms with Crippen LogP contribution in [0.15, 0.2) is 23.0 Å². The average Bonchev–Trinajstić information content (AvgIpc) is 3.08. The van der Waals surface area contributed by atoms with Gasteiger partial charge in [0, 0.05) is 0 Å². The first-order valence-corrected chi connectivity index (χ1v) is 12.9. The van der Waals surface area contributed by atoms with Crippen molar-refractivity contribution in [3.63, 3.8) is 0 Å². The van der Waals surface area contributed by atoms with Crippen molar-refractivity contribution in [2.24, 2.45) is 11.3 Å². The second kappa shape index (κ2) is 12.0. The molecule has 2 atom stereocenters. The Kier molecular flexibility index (Phi) is 10.8. The van der Waals surface area contributed by atoms with Gasteiger partial charge in [-0.25, -0.2) is 4.79 Å². The number of carbonyl (C=O) groups is 1. The molecule has 1 N–H and O–H groups in total. The molecule has 0 spiro atoms. The van der Waals surface area contributed by atoms with Crippen LogP contribution in [0.2, 0.25) is 0 Å². The minimum atomic E-state index is -1.36. The average molecular weight is 408 g/mol. The normalized spacial score (nSPS) is 18.1. The Morgan fingerprint density at radius 2 is 1.57 bits per heavy atom. The Hall–Kier alpha value is -0.873. The van der Waals surface area contributed by atoms with Crippen LogP contribution in [0.25, 0.3) is 0 Å². The molecule has 0 aromatic heterocycles. The Bertz CT molecular complexity index is 532. The molecule has 1 aliphatic rings. The van der Waals surface area contributed by atoms with Gasteiger partial charge in [-0.2, -0.15) is 0 Å². The quantitative estimate of drug-likeness (QED) is 0.249. The zero-order valence-electron chi connectivity index (χ0n) is 19.1. The fourth-order valence-corrected chi connectivity index (χ4v) is 5.77.